The van der Waals surface area contributed by atoms with Gasteiger partial charge in [-0.05, 0) is 45.6 Å². The van der Waals surface area contributed by atoms with Crippen molar-refractivity contribution in [1.29, 1.82) is 0 Å². The fourth-order valence-corrected chi connectivity index (χ4v) is 3.28. The van der Waals surface area contributed by atoms with E-state index in [1.807, 2.05) is 0 Å². The molecule has 0 aromatic rings. The Morgan fingerprint density at radius 2 is 2.18 bits per heavy atom. The summed E-state index contributed by atoms with van der Waals surface area (Å²) in [4.78, 5) is 14.3. The highest BCUT2D eigenvalue weighted by molar-refractivity contribution is 5.85. The highest BCUT2D eigenvalue weighted by atomic mass is 35.5. The standard InChI is InChI=1S/C13H24N2O.ClH/c1-10-8-13(2,3)15(9-10)12(16)7-11-5-4-6-14-11;/h10-11,14H,4-9H2,1-3H3;1H. The maximum atomic E-state index is 12.2. The fraction of sp³-hybridized carbons (Fsp3) is 0.923. The molecule has 2 aliphatic rings. The minimum Gasteiger partial charge on any atom is -0.337 e. The van der Waals surface area contributed by atoms with Gasteiger partial charge in [0.2, 0.25) is 5.91 Å². The predicted octanol–water partition coefficient (Wildman–Crippen LogP) is 2.20. The van der Waals surface area contributed by atoms with Crippen molar-refractivity contribution in [2.45, 2.75) is 58.0 Å². The summed E-state index contributed by atoms with van der Waals surface area (Å²) in [5.74, 6) is 0.990. The Balaban J connectivity index is 0.00000144. The largest absolute Gasteiger partial charge is 0.337 e. The number of amides is 1. The molecule has 4 heteroatoms. The van der Waals surface area contributed by atoms with E-state index in [-0.39, 0.29) is 17.9 Å². The van der Waals surface area contributed by atoms with Crippen molar-refractivity contribution < 1.29 is 4.79 Å². The maximum Gasteiger partial charge on any atom is 0.224 e. The molecule has 2 rings (SSSR count). The van der Waals surface area contributed by atoms with Gasteiger partial charge in [0.15, 0.2) is 0 Å². The van der Waals surface area contributed by atoms with E-state index in [0.29, 0.717) is 24.3 Å². The van der Waals surface area contributed by atoms with Crippen LogP contribution in [-0.4, -0.2) is 35.5 Å². The van der Waals surface area contributed by atoms with Crippen LogP contribution in [0.2, 0.25) is 0 Å². The van der Waals surface area contributed by atoms with Crippen LogP contribution in [0, 0.1) is 5.92 Å². The van der Waals surface area contributed by atoms with Crippen molar-refractivity contribution in [3.05, 3.63) is 0 Å². The number of nitrogens with one attached hydrogen (secondary N) is 1. The summed E-state index contributed by atoms with van der Waals surface area (Å²) in [6, 6.07) is 0.430. The second-order valence-electron chi connectivity index (χ2n) is 6.12. The van der Waals surface area contributed by atoms with Crippen LogP contribution < -0.4 is 5.32 Å². The third-order valence-corrected chi connectivity index (χ3v) is 3.96. The summed E-state index contributed by atoms with van der Waals surface area (Å²) < 4.78 is 0. The van der Waals surface area contributed by atoms with Crippen molar-refractivity contribution >= 4 is 18.3 Å². The Bertz CT molecular complexity index is 275. The van der Waals surface area contributed by atoms with Gasteiger partial charge in [-0.1, -0.05) is 6.92 Å². The van der Waals surface area contributed by atoms with E-state index in [2.05, 4.69) is 31.0 Å². The first-order valence-corrected chi connectivity index (χ1v) is 6.53. The van der Waals surface area contributed by atoms with E-state index in [1.165, 1.54) is 6.42 Å². The molecule has 0 saturated carbocycles. The van der Waals surface area contributed by atoms with E-state index >= 15 is 0 Å². The lowest BCUT2D eigenvalue weighted by atomic mass is 9.97. The predicted molar refractivity (Wildman–Crippen MR) is 72.5 cm³/mol. The number of likely N-dealkylation sites (tertiary alicyclic amines) is 1. The monoisotopic (exact) mass is 260 g/mol. The summed E-state index contributed by atoms with van der Waals surface area (Å²) in [6.45, 7) is 8.64. The highest BCUT2D eigenvalue weighted by Crippen LogP contribution is 2.33. The van der Waals surface area contributed by atoms with Crippen LogP contribution in [0.5, 0.6) is 0 Å². The molecule has 2 fully saturated rings. The molecule has 0 spiro atoms. The Kier molecular flexibility index (Phi) is 4.85. The van der Waals surface area contributed by atoms with Gasteiger partial charge in [0.1, 0.15) is 0 Å². The molecule has 2 aliphatic heterocycles. The molecule has 0 bridgehead atoms. The molecule has 100 valence electrons. The molecule has 1 amide bonds. The molecule has 0 aromatic carbocycles. The molecule has 1 N–H and O–H groups in total. The minimum absolute atomic E-state index is 0. The van der Waals surface area contributed by atoms with Gasteiger partial charge < -0.3 is 10.2 Å². The van der Waals surface area contributed by atoms with E-state index in [1.54, 1.807) is 0 Å². The average Bonchev–Trinajstić information content (AvgIpc) is 2.73. The summed E-state index contributed by atoms with van der Waals surface area (Å²) in [5.41, 5.74) is 0.0646. The zero-order chi connectivity index (χ0) is 11.8. The zero-order valence-electron chi connectivity index (χ0n) is 11.2. The zero-order valence-corrected chi connectivity index (χ0v) is 12.0. The third kappa shape index (κ3) is 3.35. The van der Waals surface area contributed by atoms with E-state index in [0.717, 1.165) is 25.9 Å². The third-order valence-electron chi connectivity index (χ3n) is 3.96. The second-order valence-corrected chi connectivity index (χ2v) is 6.12. The molecule has 2 heterocycles. The molecule has 2 atom stereocenters. The van der Waals surface area contributed by atoms with Crippen LogP contribution in [0.25, 0.3) is 0 Å². The molecule has 0 aliphatic carbocycles. The molecule has 2 unspecified atom stereocenters. The highest BCUT2D eigenvalue weighted by Gasteiger charge is 2.39. The van der Waals surface area contributed by atoms with Crippen molar-refractivity contribution in [2.75, 3.05) is 13.1 Å². The number of nitrogens with zero attached hydrogens (tertiary/aromatic N) is 1. The van der Waals surface area contributed by atoms with Gasteiger partial charge in [-0.3, -0.25) is 4.79 Å². The fourth-order valence-electron chi connectivity index (χ4n) is 3.28. The number of halogens is 1. The normalized spacial score (nSPS) is 31.4. The number of hydrogen-bond donors (Lipinski definition) is 1. The first kappa shape index (κ1) is 14.8. The first-order valence-electron chi connectivity index (χ1n) is 6.53. The lowest BCUT2D eigenvalue weighted by Crippen LogP contribution is -2.44. The first-order chi connectivity index (χ1) is 7.49. The molecule has 2 saturated heterocycles. The van der Waals surface area contributed by atoms with Gasteiger partial charge in [-0.15, -0.1) is 12.4 Å². The molecule has 17 heavy (non-hydrogen) atoms. The summed E-state index contributed by atoms with van der Waals surface area (Å²) >= 11 is 0. The average molecular weight is 261 g/mol. The lowest BCUT2D eigenvalue weighted by molar-refractivity contribution is -0.134. The van der Waals surface area contributed by atoms with Crippen LogP contribution in [0.1, 0.15) is 46.5 Å². The van der Waals surface area contributed by atoms with Gasteiger partial charge >= 0.3 is 0 Å². The van der Waals surface area contributed by atoms with Crippen molar-refractivity contribution in [2.24, 2.45) is 5.92 Å². The van der Waals surface area contributed by atoms with Gasteiger partial charge in [-0.25, -0.2) is 0 Å². The number of carbonyl (C=O) groups excluding carboxylic acids is 1. The second kappa shape index (κ2) is 5.57. The van der Waals surface area contributed by atoms with Crippen LogP contribution in [-0.2, 0) is 4.79 Å². The Morgan fingerprint density at radius 1 is 1.47 bits per heavy atom. The van der Waals surface area contributed by atoms with Crippen LogP contribution in [0.3, 0.4) is 0 Å². The molecule has 0 radical (unpaired) electrons. The van der Waals surface area contributed by atoms with Crippen molar-refractivity contribution in [1.82, 2.24) is 10.2 Å². The Labute approximate surface area is 111 Å². The number of carbonyl (C=O) groups is 1. The Morgan fingerprint density at radius 3 is 2.65 bits per heavy atom. The topological polar surface area (TPSA) is 32.3 Å². The van der Waals surface area contributed by atoms with Gasteiger partial charge in [0.05, 0.1) is 0 Å². The van der Waals surface area contributed by atoms with Crippen LogP contribution >= 0.6 is 12.4 Å². The van der Waals surface area contributed by atoms with E-state index < -0.39 is 0 Å². The quantitative estimate of drug-likeness (QED) is 0.826. The van der Waals surface area contributed by atoms with Crippen molar-refractivity contribution in [3.63, 3.8) is 0 Å². The van der Waals surface area contributed by atoms with Crippen molar-refractivity contribution in [3.8, 4) is 0 Å². The van der Waals surface area contributed by atoms with Gasteiger partial charge in [0.25, 0.3) is 0 Å². The summed E-state index contributed by atoms with van der Waals surface area (Å²) in [7, 11) is 0. The van der Waals surface area contributed by atoms with E-state index in [4.69, 9.17) is 0 Å². The molecule has 3 nitrogen and oxygen atoms in total. The van der Waals surface area contributed by atoms with Crippen LogP contribution in [0.4, 0.5) is 0 Å². The Hall–Kier alpha value is -0.280. The van der Waals surface area contributed by atoms with Gasteiger partial charge in [-0.2, -0.15) is 0 Å². The molecular formula is C13H25ClN2O. The van der Waals surface area contributed by atoms with Gasteiger partial charge in [0, 0.05) is 24.5 Å². The summed E-state index contributed by atoms with van der Waals surface area (Å²) in [6.07, 6.45) is 4.21. The number of hydrogen-bond acceptors (Lipinski definition) is 2. The molecular weight excluding hydrogens is 236 g/mol. The molecule has 0 aromatic heterocycles. The smallest absolute Gasteiger partial charge is 0.224 e. The van der Waals surface area contributed by atoms with E-state index in [9.17, 15) is 4.79 Å². The maximum absolute atomic E-state index is 12.2. The SMILES string of the molecule is CC1CN(C(=O)CC2CCCN2)C(C)(C)C1.Cl. The lowest BCUT2D eigenvalue weighted by Gasteiger charge is -2.32. The minimum atomic E-state index is 0. The van der Waals surface area contributed by atoms with Crippen LogP contribution in [0.15, 0.2) is 0 Å². The summed E-state index contributed by atoms with van der Waals surface area (Å²) in [5, 5.41) is 3.40. The number of rotatable bonds is 2.